The molecule has 0 aliphatic carbocycles. The average Bonchev–Trinajstić information content (AvgIpc) is 2.60. The van der Waals surface area contributed by atoms with Gasteiger partial charge < -0.3 is 10.1 Å². The molecule has 1 aromatic carbocycles. The van der Waals surface area contributed by atoms with Gasteiger partial charge in [-0.3, -0.25) is 14.2 Å². The molecule has 1 N–H and O–H groups in total. The Morgan fingerprint density at radius 3 is 2.88 bits per heavy atom. The molecule has 0 saturated heterocycles. The number of nitrogens with zero attached hydrogens (tertiary/aromatic N) is 2. The van der Waals surface area contributed by atoms with Crippen molar-refractivity contribution in [2.45, 2.75) is 44.1 Å². The van der Waals surface area contributed by atoms with Gasteiger partial charge in [0.15, 0.2) is 5.16 Å². The van der Waals surface area contributed by atoms with Crippen LogP contribution in [0.4, 0.5) is 0 Å². The Hall–Kier alpha value is -1.57. The predicted molar refractivity (Wildman–Crippen MR) is 106 cm³/mol. The van der Waals surface area contributed by atoms with Gasteiger partial charge in [-0.15, -0.1) is 0 Å². The van der Waals surface area contributed by atoms with E-state index in [1.807, 2.05) is 13.8 Å². The van der Waals surface area contributed by atoms with Crippen molar-refractivity contribution >= 4 is 40.2 Å². The zero-order valence-electron chi connectivity index (χ0n) is 15.3. The van der Waals surface area contributed by atoms with E-state index in [-0.39, 0.29) is 16.7 Å². The molecule has 1 aromatic heterocycles. The van der Waals surface area contributed by atoms with Gasteiger partial charge in [0.2, 0.25) is 5.91 Å². The molecule has 2 rings (SSSR count). The van der Waals surface area contributed by atoms with Crippen LogP contribution < -0.4 is 10.9 Å². The topological polar surface area (TPSA) is 73.2 Å². The summed E-state index contributed by atoms with van der Waals surface area (Å²) in [5.41, 5.74) is 0.405. The van der Waals surface area contributed by atoms with Gasteiger partial charge in [-0.05, 0) is 45.4 Å². The Morgan fingerprint density at radius 2 is 2.19 bits per heavy atom. The van der Waals surface area contributed by atoms with Gasteiger partial charge in [0.05, 0.1) is 16.2 Å². The molecule has 26 heavy (non-hydrogen) atoms. The van der Waals surface area contributed by atoms with Crippen LogP contribution in [0.2, 0.25) is 5.02 Å². The van der Waals surface area contributed by atoms with E-state index in [0.29, 0.717) is 53.8 Å². The van der Waals surface area contributed by atoms with Crippen molar-refractivity contribution in [3.8, 4) is 0 Å². The molecule has 0 aliphatic heterocycles. The monoisotopic (exact) mass is 397 g/mol. The molecule has 0 saturated carbocycles. The SMILES string of the molecule is CCNC(=O)[C@H](C)Sc1nc2cc(Cl)ccc2c(=O)n1CCCOCC. The normalized spacial score (nSPS) is 12.3. The zero-order valence-corrected chi connectivity index (χ0v) is 16.8. The predicted octanol–water partition coefficient (Wildman–Crippen LogP) is 3.09. The number of hydrogen-bond donors (Lipinski definition) is 1. The van der Waals surface area contributed by atoms with E-state index in [9.17, 15) is 9.59 Å². The van der Waals surface area contributed by atoms with Crippen LogP contribution in [0.1, 0.15) is 27.2 Å². The molecular weight excluding hydrogens is 374 g/mol. The highest BCUT2D eigenvalue weighted by atomic mass is 35.5. The summed E-state index contributed by atoms with van der Waals surface area (Å²) in [4.78, 5) is 29.6. The van der Waals surface area contributed by atoms with Crippen molar-refractivity contribution in [2.24, 2.45) is 0 Å². The van der Waals surface area contributed by atoms with Gasteiger partial charge in [0.1, 0.15) is 0 Å². The number of nitrogens with one attached hydrogen (secondary N) is 1. The lowest BCUT2D eigenvalue weighted by molar-refractivity contribution is -0.120. The van der Waals surface area contributed by atoms with E-state index in [1.54, 1.807) is 29.7 Å². The first-order valence-electron chi connectivity index (χ1n) is 8.70. The van der Waals surface area contributed by atoms with Crippen LogP contribution in [0.25, 0.3) is 10.9 Å². The highest BCUT2D eigenvalue weighted by molar-refractivity contribution is 8.00. The molecule has 6 nitrogen and oxygen atoms in total. The lowest BCUT2D eigenvalue weighted by Crippen LogP contribution is -2.32. The number of aromatic nitrogens is 2. The molecule has 8 heteroatoms. The van der Waals surface area contributed by atoms with Crippen LogP contribution in [0, 0.1) is 0 Å². The Labute approximate surface area is 162 Å². The van der Waals surface area contributed by atoms with Gasteiger partial charge in [0, 0.05) is 31.3 Å². The number of ether oxygens (including phenoxy) is 1. The fourth-order valence-corrected chi connectivity index (χ4v) is 3.59. The van der Waals surface area contributed by atoms with E-state index in [4.69, 9.17) is 16.3 Å². The fraction of sp³-hybridized carbons (Fsp3) is 0.500. The van der Waals surface area contributed by atoms with Gasteiger partial charge in [0.25, 0.3) is 5.56 Å². The molecule has 0 radical (unpaired) electrons. The molecule has 1 heterocycles. The molecule has 2 aromatic rings. The standard InChI is InChI=1S/C18H24ClN3O3S/c1-4-20-16(23)12(3)26-18-21-15-11-13(19)7-8-14(15)17(24)22(18)9-6-10-25-5-2/h7-8,11-12H,4-6,9-10H2,1-3H3,(H,20,23)/t12-/m0/s1. The quantitative estimate of drug-likeness (QED) is 0.400. The Balaban J connectivity index is 2.39. The summed E-state index contributed by atoms with van der Waals surface area (Å²) in [6.45, 7) is 7.85. The van der Waals surface area contributed by atoms with Crippen molar-refractivity contribution in [3.63, 3.8) is 0 Å². The summed E-state index contributed by atoms with van der Waals surface area (Å²) in [5.74, 6) is -0.0844. The first kappa shape index (κ1) is 20.7. The Morgan fingerprint density at radius 1 is 1.42 bits per heavy atom. The largest absolute Gasteiger partial charge is 0.382 e. The van der Waals surface area contributed by atoms with Crippen molar-refractivity contribution < 1.29 is 9.53 Å². The molecule has 0 aliphatic rings. The van der Waals surface area contributed by atoms with E-state index >= 15 is 0 Å². The second-order valence-electron chi connectivity index (χ2n) is 5.72. The van der Waals surface area contributed by atoms with Crippen LogP contribution in [0.5, 0.6) is 0 Å². The number of carbonyl (C=O) groups excluding carboxylic acids is 1. The van der Waals surface area contributed by atoms with Crippen LogP contribution in [-0.4, -0.2) is 40.5 Å². The third-order valence-corrected chi connectivity index (χ3v) is 5.08. The zero-order chi connectivity index (χ0) is 19.1. The number of thioether (sulfide) groups is 1. The fourth-order valence-electron chi connectivity index (χ4n) is 2.46. The summed E-state index contributed by atoms with van der Waals surface area (Å²) >= 11 is 7.32. The van der Waals surface area contributed by atoms with Crippen LogP contribution >= 0.6 is 23.4 Å². The second-order valence-corrected chi connectivity index (χ2v) is 7.46. The minimum Gasteiger partial charge on any atom is -0.382 e. The number of hydrogen-bond acceptors (Lipinski definition) is 5. The molecule has 142 valence electrons. The summed E-state index contributed by atoms with van der Waals surface area (Å²) < 4.78 is 6.99. The van der Waals surface area contributed by atoms with Gasteiger partial charge in [-0.1, -0.05) is 23.4 Å². The molecule has 0 spiro atoms. The van der Waals surface area contributed by atoms with Crippen molar-refractivity contribution in [1.29, 1.82) is 0 Å². The molecule has 0 unspecified atom stereocenters. The highest BCUT2D eigenvalue weighted by Gasteiger charge is 2.19. The number of halogens is 1. The molecule has 0 fully saturated rings. The third-order valence-electron chi connectivity index (χ3n) is 3.76. The summed E-state index contributed by atoms with van der Waals surface area (Å²) in [7, 11) is 0. The molecule has 1 amide bonds. The van der Waals surface area contributed by atoms with Crippen molar-refractivity contribution in [1.82, 2.24) is 14.9 Å². The number of fused-ring (bicyclic) bond motifs is 1. The second kappa shape index (κ2) is 9.94. The lowest BCUT2D eigenvalue weighted by atomic mass is 10.2. The molecule has 0 bridgehead atoms. The van der Waals surface area contributed by atoms with Crippen LogP contribution in [0.15, 0.2) is 28.2 Å². The van der Waals surface area contributed by atoms with Crippen molar-refractivity contribution in [2.75, 3.05) is 19.8 Å². The Bertz CT molecular complexity index is 825. The van der Waals surface area contributed by atoms with Gasteiger partial charge in [-0.2, -0.15) is 0 Å². The minimum atomic E-state index is -0.364. The first-order valence-corrected chi connectivity index (χ1v) is 9.95. The van der Waals surface area contributed by atoms with Gasteiger partial charge in [-0.25, -0.2) is 4.98 Å². The highest BCUT2D eigenvalue weighted by Crippen LogP contribution is 2.24. The van der Waals surface area contributed by atoms with Crippen molar-refractivity contribution in [3.05, 3.63) is 33.6 Å². The van der Waals surface area contributed by atoms with Gasteiger partial charge >= 0.3 is 0 Å². The van der Waals surface area contributed by atoms with E-state index in [0.717, 1.165) is 0 Å². The summed E-state index contributed by atoms with van der Waals surface area (Å²) in [5, 5.41) is 3.97. The van der Waals surface area contributed by atoms with Crippen LogP contribution in [-0.2, 0) is 16.1 Å². The number of benzene rings is 1. The number of amides is 1. The summed E-state index contributed by atoms with van der Waals surface area (Å²) in [6, 6.07) is 5.04. The maximum atomic E-state index is 12.9. The van der Waals surface area contributed by atoms with E-state index in [2.05, 4.69) is 10.3 Å². The number of rotatable bonds is 9. The van der Waals surface area contributed by atoms with E-state index in [1.165, 1.54) is 11.8 Å². The average molecular weight is 398 g/mol. The molecule has 1 atom stereocenters. The number of carbonyl (C=O) groups is 1. The van der Waals surface area contributed by atoms with Crippen LogP contribution in [0.3, 0.4) is 0 Å². The Kier molecular flexibility index (Phi) is 7.93. The maximum Gasteiger partial charge on any atom is 0.262 e. The minimum absolute atomic E-state index is 0.0844. The molecular formula is C18H24ClN3O3S. The third kappa shape index (κ3) is 5.22. The maximum absolute atomic E-state index is 12.9. The lowest BCUT2D eigenvalue weighted by Gasteiger charge is -2.16. The smallest absolute Gasteiger partial charge is 0.262 e. The summed E-state index contributed by atoms with van der Waals surface area (Å²) in [6.07, 6.45) is 0.692. The first-order chi connectivity index (χ1) is 12.5. The van der Waals surface area contributed by atoms with E-state index < -0.39 is 0 Å².